The Kier molecular flexibility index (Phi) is 9.61. The van der Waals surface area contributed by atoms with Crippen LogP contribution in [-0.4, -0.2) is 59.4 Å². The summed E-state index contributed by atoms with van der Waals surface area (Å²) in [4.78, 5) is 28.9. The van der Waals surface area contributed by atoms with E-state index < -0.39 is 23.6 Å². The first-order valence-electron chi connectivity index (χ1n) is 11.7. The molecular weight excluding hydrogens is 480 g/mol. The molecule has 5 N–H and O–H groups in total. The fraction of sp³-hybridized carbons (Fsp3) is 0.346. The molecule has 0 bridgehead atoms. The number of rotatable bonds is 12. The number of carbonyl (C=O) groups is 2. The molecule has 0 aliphatic rings. The molecule has 11 nitrogen and oxygen atoms in total. The van der Waals surface area contributed by atoms with Gasteiger partial charge in [0.15, 0.2) is 12.2 Å². The fourth-order valence-electron chi connectivity index (χ4n) is 3.43. The number of aliphatic hydroxyl groups excluding tert-OH is 2. The number of amides is 2. The summed E-state index contributed by atoms with van der Waals surface area (Å²) in [6.07, 6.45) is 2.42. The van der Waals surface area contributed by atoms with Crippen LogP contribution in [0, 0.1) is 0 Å². The van der Waals surface area contributed by atoms with Crippen molar-refractivity contribution in [1.29, 1.82) is 0 Å². The van der Waals surface area contributed by atoms with Crippen LogP contribution in [0.3, 0.4) is 0 Å². The lowest BCUT2D eigenvalue weighted by Crippen LogP contribution is -2.48. The van der Waals surface area contributed by atoms with E-state index in [-0.39, 0.29) is 13.2 Å². The average molecular weight is 513 g/mol. The van der Waals surface area contributed by atoms with Gasteiger partial charge in [-0.3, -0.25) is 14.9 Å². The van der Waals surface area contributed by atoms with E-state index in [2.05, 4.69) is 20.9 Å². The predicted octanol–water partition coefficient (Wildman–Crippen LogP) is 2.23. The van der Waals surface area contributed by atoms with Gasteiger partial charge in [-0.2, -0.15) is 0 Å². The smallest absolute Gasteiger partial charge is 0.313 e. The summed E-state index contributed by atoms with van der Waals surface area (Å²) in [5.74, 6) is -0.0263. The summed E-state index contributed by atoms with van der Waals surface area (Å²) < 4.78 is 16.4. The monoisotopic (exact) mass is 512 g/mol. The summed E-state index contributed by atoms with van der Waals surface area (Å²) in [6.45, 7) is 4.09. The number of benzene rings is 2. The first-order chi connectivity index (χ1) is 17.7. The first-order valence-corrected chi connectivity index (χ1v) is 11.7. The second-order valence-corrected chi connectivity index (χ2v) is 8.82. The lowest BCUT2D eigenvalue weighted by molar-refractivity contribution is -0.137. The van der Waals surface area contributed by atoms with E-state index in [1.165, 1.54) is 13.5 Å². The number of nitrogens with zero attached hydrogens (tertiary/aromatic N) is 1. The molecule has 0 saturated carbocycles. The Morgan fingerprint density at radius 1 is 1.14 bits per heavy atom. The third-order valence-electron chi connectivity index (χ3n) is 5.46. The Morgan fingerprint density at radius 3 is 2.54 bits per heavy atom. The molecule has 3 rings (SSSR count). The number of methoxy groups -OCH3 is 1. The van der Waals surface area contributed by atoms with Crippen LogP contribution in [0.2, 0.25) is 0 Å². The number of carbonyl (C=O) groups excluding carboxylic acids is 2. The number of hydrogen-bond acceptors (Lipinski definition) is 9. The predicted molar refractivity (Wildman–Crippen MR) is 136 cm³/mol. The molecule has 1 unspecified atom stereocenters. The largest absolute Gasteiger partial charge is 0.496 e. The summed E-state index contributed by atoms with van der Waals surface area (Å²) >= 11 is 0. The topological polar surface area (TPSA) is 155 Å². The van der Waals surface area contributed by atoms with Crippen molar-refractivity contribution >= 4 is 17.5 Å². The Hall–Kier alpha value is -3.93. The molecule has 0 radical (unpaired) electrons. The van der Waals surface area contributed by atoms with E-state index in [9.17, 15) is 14.7 Å². The first kappa shape index (κ1) is 27.7. The van der Waals surface area contributed by atoms with Gasteiger partial charge in [-0.15, -0.1) is 0 Å². The van der Waals surface area contributed by atoms with Gasteiger partial charge in [-0.05, 0) is 43.7 Å². The number of ether oxygens (including phenoxy) is 2. The van der Waals surface area contributed by atoms with E-state index >= 15 is 0 Å². The van der Waals surface area contributed by atoms with Gasteiger partial charge in [0, 0.05) is 30.3 Å². The molecule has 0 saturated heterocycles. The molecule has 11 heteroatoms. The number of aliphatic hydroxyl groups is 2. The lowest BCUT2D eigenvalue weighted by atomic mass is 10.0. The summed E-state index contributed by atoms with van der Waals surface area (Å²) in [7, 11) is 1.49. The Labute approximate surface area is 214 Å². The Balaban J connectivity index is 1.48. The highest BCUT2D eigenvalue weighted by Crippen LogP contribution is 2.32. The summed E-state index contributed by atoms with van der Waals surface area (Å²) in [5.41, 5.74) is 0.978. The van der Waals surface area contributed by atoms with Gasteiger partial charge in [0.05, 0.1) is 32.1 Å². The molecule has 1 heterocycles. The highest BCUT2D eigenvalue weighted by atomic mass is 16.5. The second-order valence-electron chi connectivity index (χ2n) is 8.82. The van der Waals surface area contributed by atoms with Gasteiger partial charge in [-0.1, -0.05) is 12.1 Å². The lowest BCUT2D eigenvalue weighted by Gasteiger charge is -2.26. The maximum Gasteiger partial charge on any atom is 0.313 e. The standard InChI is InChI=1S/C26H32N4O7/c1-26(2,10-13-36-19-7-4-17(5-8-19)23(32)28-11-12-31)30-25(34)24(33)29-18-6-9-20(21(14-18)35-3)22-15-27-16-37-22/h4-9,14-16,23,28,31-32H,10-13H2,1-3H3,(H,29,33)(H,30,34). The molecule has 2 amide bonds. The van der Waals surface area contributed by atoms with Gasteiger partial charge in [0.25, 0.3) is 0 Å². The van der Waals surface area contributed by atoms with Crippen molar-refractivity contribution in [2.75, 3.05) is 32.2 Å². The number of oxazole rings is 1. The van der Waals surface area contributed by atoms with Crippen LogP contribution in [-0.2, 0) is 9.59 Å². The SMILES string of the molecule is COc1cc(NC(=O)C(=O)NC(C)(C)CCOc2ccc(C(O)NCCO)cc2)ccc1-c1cnco1. The van der Waals surface area contributed by atoms with Crippen molar-refractivity contribution in [2.45, 2.75) is 32.0 Å². The molecule has 37 heavy (non-hydrogen) atoms. The van der Waals surface area contributed by atoms with Crippen LogP contribution in [0.25, 0.3) is 11.3 Å². The van der Waals surface area contributed by atoms with Crippen LogP contribution in [0.4, 0.5) is 5.69 Å². The van der Waals surface area contributed by atoms with Crippen molar-refractivity contribution in [3.05, 3.63) is 60.6 Å². The van der Waals surface area contributed by atoms with Crippen LogP contribution in [0.5, 0.6) is 11.5 Å². The third-order valence-corrected chi connectivity index (χ3v) is 5.46. The molecule has 198 valence electrons. The average Bonchev–Trinajstić information content (AvgIpc) is 3.42. The van der Waals surface area contributed by atoms with E-state index in [1.54, 1.807) is 62.5 Å². The van der Waals surface area contributed by atoms with Crippen molar-refractivity contribution < 1.29 is 33.7 Å². The second kappa shape index (κ2) is 12.9. The van der Waals surface area contributed by atoms with E-state index in [4.69, 9.17) is 19.0 Å². The van der Waals surface area contributed by atoms with Crippen LogP contribution in [0.15, 0.2) is 59.5 Å². The zero-order chi connectivity index (χ0) is 26.8. The summed E-state index contributed by atoms with van der Waals surface area (Å²) in [6, 6.07) is 11.8. The minimum Gasteiger partial charge on any atom is -0.496 e. The van der Waals surface area contributed by atoms with E-state index in [0.717, 1.165) is 0 Å². The quantitative estimate of drug-likeness (QED) is 0.181. The summed E-state index contributed by atoms with van der Waals surface area (Å²) in [5, 5.41) is 26.9. The highest BCUT2D eigenvalue weighted by molar-refractivity contribution is 6.39. The highest BCUT2D eigenvalue weighted by Gasteiger charge is 2.25. The number of hydrogen-bond donors (Lipinski definition) is 5. The van der Waals surface area contributed by atoms with Crippen LogP contribution >= 0.6 is 0 Å². The molecular formula is C26H32N4O7. The van der Waals surface area contributed by atoms with Gasteiger partial charge in [0.2, 0.25) is 0 Å². The minimum atomic E-state index is -0.881. The van der Waals surface area contributed by atoms with Gasteiger partial charge in [-0.25, -0.2) is 4.98 Å². The van der Waals surface area contributed by atoms with Gasteiger partial charge >= 0.3 is 11.8 Å². The van der Waals surface area contributed by atoms with Crippen LogP contribution < -0.4 is 25.4 Å². The molecule has 2 aromatic carbocycles. The maximum atomic E-state index is 12.5. The van der Waals surface area contributed by atoms with Crippen LogP contribution in [0.1, 0.15) is 32.1 Å². The van der Waals surface area contributed by atoms with Crippen molar-refractivity contribution in [3.63, 3.8) is 0 Å². The zero-order valence-electron chi connectivity index (χ0n) is 21.0. The molecule has 0 spiro atoms. The van der Waals surface area contributed by atoms with Crippen molar-refractivity contribution in [3.8, 4) is 22.8 Å². The van der Waals surface area contributed by atoms with Gasteiger partial charge in [0.1, 0.15) is 17.7 Å². The Bertz CT molecular complexity index is 1160. The molecule has 0 aliphatic heterocycles. The molecule has 0 fully saturated rings. The normalized spacial score (nSPS) is 12.0. The number of anilines is 1. The van der Waals surface area contributed by atoms with Crippen molar-refractivity contribution in [2.24, 2.45) is 0 Å². The fourth-order valence-corrected chi connectivity index (χ4v) is 3.43. The molecule has 1 atom stereocenters. The van der Waals surface area contributed by atoms with Gasteiger partial charge < -0.3 is 34.7 Å². The third kappa shape index (κ3) is 8.04. The number of aromatic nitrogens is 1. The maximum absolute atomic E-state index is 12.5. The van der Waals surface area contributed by atoms with E-state index in [1.807, 2.05) is 0 Å². The zero-order valence-corrected chi connectivity index (χ0v) is 21.0. The minimum absolute atomic E-state index is 0.0708. The molecule has 0 aliphatic carbocycles. The molecule has 3 aromatic rings. The van der Waals surface area contributed by atoms with E-state index in [0.29, 0.717) is 47.1 Å². The Morgan fingerprint density at radius 2 is 1.89 bits per heavy atom. The molecule has 1 aromatic heterocycles. The number of nitrogens with one attached hydrogen (secondary N) is 3. The van der Waals surface area contributed by atoms with Crippen molar-refractivity contribution in [1.82, 2.24) is 15.6 Å².